The number of nitrogens with one attached hydrogen (secondary N) is 1. The predicted octanol–water partition coefficient (Wildman–Crippen LogP) is 6.30. The van der Waals surface area contributed by atoms with Crippen LogP contribution >= 0.6 is 0 Å². The molecule has 0 bridgehead atoms. The first-order valence-corrected chi connectivity index (χ1v) is 13.8. The number of carbonyl (C=O) groups is 3. The van der Waals surface area contributed by atoms with Gasteiger partial charge in [0.05, 0.1) is 6.42 Å². The fourth-order valence-electron chi connectivity index (χ4n) is 4.73. The minimum Gasteiger partial charge on any atom is -0.480 e. The molecule has 0 saturated carbocycles. The highest BCUT2D eigenvalue weighted by Crippen LogP contribution is 2.28. The molecule has 0 aromatic heterocycles. The monoisotopic (exact) mass is 552 g/mol. The van der Waals surface area contributed by atoms with E-state index in [2.05, 4.69) is 29.6 Å². The van der Waals surface area contributed by atoms with E-state index >= 15 is 0 Å². The van der Waals surface area contributed by atoms with Crippen LogP contribution in [-0.2, 0) is 27.4 Å². The number of esters is 1. The van der Waals surface area contributed by atoms with Gasteiger partial charge >= 0.3 is 18.0 Å². The van der Waals surface area contributed by atoms with Crippen molar-refractivity contribution >= 4 is 28.7 Å². The average molecular weight is 553 g/mol. The highest BCUT2D eigenvalue weighted by atomic mass is 16.5. The van der Waals surface area contributed by atoms with Gasteiger partial charge in [0.2, 0.25) is 0 Å². The van der Waals surface area contributed by atoms with Crippen LogP contribution in [0.4, 0.5) is 4.79 Å². The number of rotatable bonds is 12. The Balaban J connectivity index is 1.37. The molecule has 4 aromatic carbocycles. The second-order valence-corrected chi connectivity index (χ2v) is 10.5. The van der Waals surface area contributed by atoms with Gasteiger partial charge in [-0.1, -0.05) is 111 Å². The van der Waals surface area contributed by atoms with Crippen LogP contribution in [0.25, 0.3) is 21.9 Å². The first-order chi connectivity index (χ1) is 19.8. The Labute approximate surface area is 240 Å². The van der Waals surface area contributed by atoms with Gasteiger partial charge in [0.25, 0.3) is 0 Å². The molecule has 0 unspecified atom stereocenters. The normalized spacial score (nSPS) is 11.7. The van der Waals surface area contributed by atoms with Gasteiger partial charge in [-0.15, -0.1) is 0 Å². The van der Waals surface area contributed by atoms with E-state index in [1.165, 1.54) is 4.90 Å². The molecule has 0 radical (unpaired) electrons. The quantitative estimate of drug-likeness (QED) is 0.201. The Hall–Kier alpha value is -4.65. The number of hydrogen-bond donors (Lipinski definition) is 2. The van der Waals surface area contributed by atoms with Crippen molar-refractivity contribution in [2.75, 3.05) is 13.1 Å². The SMILES string of the molecule is CC(C)CN(CCC(=O)OCc1ccccc1)C(=O)N[C@@H](Cc1ccc(-c2cccc3ccccc23)cc1)C(=O)O. The van der Waals surface area contributed by atoms with Crippen molar-refractivity contribution in [3.8, 4) is 11.1 Å². The Morgan fingerprint density at radius 1 is 0.829 bits per heavy atom. The van der Waals surface area contributed by atoms with Crippen LogP contribution in [0.5, 0.6) is 0 Å². The standard InChI is InChI=1S/C34H36N2O5/c1-24(2)22-36(20-19-32(37)41-23-26-9-4-3-5-10-26)34(40)35-31(33(38)39)21-25-15-17-28(18-16-25)30-14-8-12-27-11-6-7-13-29(27)30/h3-18,24,31H,19-23H2,1-2H3,(H,35,40)(H,38,39)/t31-/m0/s1. The third kappa shape index (κ3) is 8.42. The number of aliphatic carboxylic acids is 1. The maximum absolute atomic E-state index is 13.1. The second-order valence-electron chi connectivity index (χ2n) is 10.5. The number of amides is 2. The van der Waals surface area contributed by atoms with Crippen molar-refractivity contribution in [3.05, 3.63) is 108 Å². The van der Waals surface area contributed by atoms with E-state index in [-0.39, 0.29) is 31.9 Å². The zero-order valence-corrected chi connectivity index (χ0v) is 23.5. The van der Waals surface area contributed by atoms with Crippen molar-refractivity contribution in [2.45, 2.75) is 39.3 Å². The van der Waals surface area contributed by atoms with Gasteiger partial charge < -0.3 is 20.1 Å². The summed E-state index contributed by atoms with van der Waals surface area (Å²) in [4.78, 5) is 39.0. The van der Waals surface area contributed by atoms with Crippen LogP contribution in [0, 0.1) is 5.92 Å². The van der Waals surface area contributed by atoms with Crippen LogP contribution in [0.2, 0.25) is 0 Å². The number of hydrogen-bond acceptors (Lipinski definition) is 4. The van der Waals surface area contributed by atoms with E-state index in [1.54, 1.807) is 0 Å². The number of benzene rings is 4. The molecule has 0 heterocycles. The molecular weight excluding hydrogens is 516 g/mol. The molecule has 4 rings (SSSR count). The highest BCUT2D eigenvalue weighted by Gasteiger charge is 2.25. The lowest BCUT2D eigenvalue weighted by molar-refractivity contribution is -0.145. The van der Waals surface area contributed by atoms with Crippen molar-refractivity contribution < 1.29 is 24.2 Å². The summed E-state index contributed by atoms with van der Waals surface area (Å²) in [7, 11) is 0. The van der Waals surface area contributed by atoms with Crippen molar-refractivity contribution in [1.29, 1.82) is 0 Å². The smallest absolute Gasteiger partial charge is 0.326 e. The molecule has 41 heavy (non-hydrogen) atoms. The van der Waals surface area contributed by atoms with Gasteiger partial charge in [-0.2, -0.15) is 0 Å². The van der Waals surface area contributed by atoms with Crippen LogP contribution < -0.4 is 5.32 Å². The molecule has 212 valence electrons. The lowest BCUT2D eigenvalue weighted by Gasteiger charge is -2.26. The lowest BCUT2D eigenvalue weighted by atomic mass is 9.96. The summed E-state index contributed by atoms with van der Waals surface area (Å²) in [6, 6.07) is 29.8. The summed E-state index contributed by atoms with van der Waals surface area (Å²) in [5, 5.41) is 14.8. The number of ether oxygens (including phenoxy) is 1. The summed E-state index contributed by atoms with van der Waals surface area (Å²) in [5.74, 6) is -1.41. The van der Waals surface area contributed by atoms with Gasteiger partial charge in [0, 0.05) is 19.5 Å². The molecule has 0 fully saturated rings. The largest absolute Gasteiger partial charge is 0.480 e. The van der Waals surface area contributed by atoms with Gasteiger partial charge in [-0.3, -0.25) is 4.79 Å². The summed E-state index contributed by atoms with van der Waals surface area (Å²) in [5.41, 5.74) is 3.81. The third-order valence-corrected chi connectivity index (χ3v) is 6.79. The molecular formula is C34H36N2O5. The predicted molar refractivity (Wildman–Crippen MR) is 160 cm³/mol. The molecule has 1 atom stereocenters. The van der Waals surface area contributed by atoms with Gasteiger partial charge in [0.1, 0.15) is 12.6 Å². The summed E-state index contributed by atoms with van der Waals surface area (Å²) >= 11 is 0. The first kappa shape index (κ1) is 29.3. The number of carbonyl (C=O) groups excluding carboxylic acids is 2. The Morgan fingerprint density at radius 2 is 1.51 bits per heavy atom. The molecule has 2 N–H and O–H groups in total. The van der Waals surface area contributed by atoms with E-state index in [1.807, 2.05) is 86.6 Å². The molecule has 0 spiro atoms. The molecule has 0 aliphatic carbocycles. The van der Waals surface area contributed by atoms with Gasteiger partial charge in [-0.25, -0.2) is 9.59 Å². The molecule has 7 heteroatoms. The number of carboxylic acid groups (broad SMARTS) is 1. The number of nitrogens with zero attached hydrogens (tertiary/aromatic N) is 1. The summed E-state index contributed by atoms with van der Waals surface area (Å²) in [6.45, 7) is 4.59. The van der Waals surface area contributed by atoms with E-state index < -0.39 is 24.0 Å². The van der Waals surface area contributed by atoms with Crippen LogP contribution in [0.1, 0.15) is 31.4 Å². The first-order valence-electron chi connectivity index (χ1n) is 13.8. The van der Waals surface area contributed by atoms with Crippen molar-refractivity contribution in [3.63, 3.8) is 0 Å². The fourth-order valence-corrected chi connectivity index (χ4v) is 4.73. The summed E-state index contributed by atoms with van der Waals surface area (Å²) in [6.07, 6.45) is 0.145. The topological polar surface area (TPSA) is 95.9 Å². The molecule has 0 aliphatic rings. The molecule has 0 aliphatic heterocycles. The maximum atomic E-state index is 13.1. The second kappa shape index (κ2) is 14.1. The van der Waals surface area contributed by atoms with Crippen LogP contribution in [0.15, 0.2) is 97.1 Å². The highest BCUT2D eigenvalue weighted by molar-refractivity contribution is 5.96. The fraction of sp³-hybridized carbons (Fsp3) is 0.265. The maximum Gasteiger partial charge on any atom is 0.326 e. The molecule has 7 nitrogen and oxygen atoms in total. The number of urea groups is 1. The third-order valence-electron chi connectivity index (χ3n) is 6.79. The summed E-state index contributed by atoms with van der Waals surface area (Å²) < 4.78 is 5.34. The van der Waals surface area contributed by atoms with Gasteiger partial charge in [-0.05, 0) is 38.9 Å². The minimum absolute atomic E-state index is 0.0142. The van der Waals surface area contributed by atoms with Gasteiger partial charge in [0.15, 0.2) is 0 Å². The van der Waals surface area contributed by atoms with E-state index in [4.69, 9.17) is 4.74 Å². The Bertz CT molecular complexity index is 1460. The Morgan fingerprint density at radius 3 is 2.22 bits per heavy atom. The lowest BCUT2D eigenvalue weighted by Crippen LogP contribution is -2.50. The zero-order chi connectivity index (χ0) is 29.2. The Kier molecular flexibility index (Phi) is 10.1. The molecule has 2 amide bonds. The number of fused-ring (bicyclic) bond motifs is 1. The van der Waals surface area contributed by atoms with Crippen LogP contribution in [0.3, 0.4) is 0 Å². The zero-order valence-electron chi connectivity index (χ0n) is 23.5. The van der Waals surface area contributed by atoms with E-state index in [9.17, 15) is 19.5 Å². The van der Waals surface area contributed by atoms with Crippen molar-refractivity contribution in [2.24, 2.45) is 5.92 Å². The van der Waals surface area contributed by atoms with Crippen molar-refractivity contribution in [1.82, 2.24) is 10.2 Å². The minimum atomic E-state index is -1.12. The van der Waals surface area contributed by atoms with Crippen LogP contribution in [-0.4, -0.2) is 47.1 Å². The number of carboxylic acids is 1. The molecule has 4 aromatic rings. The molecule has 0 saturated heterocycles. The average Bonchev–Trinajstić information content (AvgIpc) is 2.98. The van der Waals surface area contributed by atoms with E-state index in [0.29, 0.717) is 6.54 Å². The van der Waals surface area contributed by atoms with E-state index in [0.717, 1.165) is 33.0 Å².